The molecular weight excluding hydrogens is 192 g/mol. The highest BCUT2D eigenvalue weighted by molar-refractivity contribution is 5.72. The molecule has 0 heterocycles. The number of hydrogen-bond acceptors (Lipinski definition) is 3. The first-order valence-corrected chi connectivity index (χ1v) is 4.77. The monoisotopic (exact) mass is 208 g/mol. The Morgan fingerprint density at radius 2 is 2.20 bits per heavy atom. The van der Waals surface area contributed by atoms with E-state index in [9.17, 15) is 4.79 Å². The van der Waals surface area contributed by atoms with Crippen molar-refractivity contribution < 1.29 is 9.90 Å². The van der Waals surface area contributed by atoms with E-state index in [2.05, 4.69) is 10.2 Å². The molecule has 1 aromatic carbocycles. The van der Waals surface area contributed by atoms with Gasteiger partial charge in [-0.3, -0.25) is 4.79 Å². The lowest BCUT2D eigenvalue weighted by Crippen LogP contribution is -2.13. The maximum absolute atomic E-state index is 10.4. The Balaban J connectivity index is 2.61. The van der Waals surface area contributed by atoms with Crippen molar-refractivity contribution in [3.8, 4) is 0 Å². The molecule has 0 unspecified atom stereocenters. The highest BCUT2D eigenvalue weighted by Crippen LogP contribution is 2.11. The molecule has 15 heavy (non-hydrogen) atoms. The average Bonchev–Trinajstić information content (AvgIpc) is 2.14. The second-order valence-electron chi connectivity index (χ2n) is 3.69. The topological polar surface area (TPSA) is 52.6 Å². The lowest BCUT2D eigenvalue weighted by atomic mass is 10.2. The van der Waals surface area contributed by atoms with Crippen molar-refractivity contribution in [2.75, 3.05) is 26.0 Å². The number of carboxylic acid groups (broad SMARTS) is 1. The van der Waals surface area contributed by atoms with Crippen LogP contribution in [0.5, 0.6) is 0 Å². The highest BCUT2D eigenvalue weighted by Gasteiger charge is 1.99. The quantitative estimate of drug-likeness (QED) is 0.764. The molecule has 4 heteroatoms. The van der Waals surface area contributed by atoms with Crippen LogP contribution in [0.3, 0.4) is 0 Å². The van der Waals surface area contributed by atoms with Crippen LogP contribution in [0, 0.1) is 0 Å². The number of carbonyl (C=O) groups is 1. The van der Waals surface area contributed by atoms with Gasteiger partial charge in [-0.2, -0.15) is 0 Å². The summed E-state index contributed by atoms with van der Waals surface area (Å²) in [5.74, 6) is -0.854. The minimum absolute atomic E-state index is 0.0502. The van der Waals surface area contributed by atoms with Crippen LogP contribution in [0.25, 0.3) is 0 Å². The first-order chi connectivity index (χ1) is 7.08. The maximum Gasteiger partial charge on any atom is 0.322 e. The molecule has 2 N–H and O–H groups in total. The maximum atomic E-state index is 10.4. The van der Waals surface area contributed by atoms with Crippen LogP contribution in [-0.4, -0.2) is 36.6 Å². The molecule has 0 bridgehead atoms. The Bertz CT molecular complexity index is 337. The first kappa shape index (κ1) is 11.5. The third-order valence-corrected chi connectivity index (χ3v) is 1.87. The van der Waals surface area contributed by atoms with E-state index in [0.717, 1.165) is 17.8 Å². The summed E-state index contributed by atoms with van der Waals surface area (Å²) in [4.78, 5) is 12.4. The third-order valence-electron chi connectivity index (χ3n) is 1.87. The van der Waals surface area contributed by atoms with Gasteiger partial charge in [0.05, 0.1) is 0 Å². The van der Waals surface area contributed by atoms with Crippen molar-refractivity contribution in [2.45, 2.75) is 6.54 Å². The van der Waals surface area contributed by atoms with E-state index in [4.69, 9.17) is 5.11 Å². The number of carboxylic acids is 1. The fourth-order valence-electron chi connectivity index (χ4n) is 1.32. The summed E-state index contributed by atoms with van der Waals surface area (Å²) in [5, 5.41) is 11.4. The van der Waals surface area contributed by atoms with Crippen molar-refractivity contribution in [3.05, 3.63) is 29.8 Å². The summed E-state index contributed by atoms with van der Waals surface area (Å²) >= 11 is 0. The molecule has 82 valence electrons. The molecule has 0 saturated heterocycles. The Hall–Kier alpha value is -1.55. The van der Waals surface area contributed by atoms with Crippen molar-refractivity contribution in [2.24, 2.45) is 0 Å². The van der Waals surface area contributed by atoms with Gasteiger partial charge in [-0.25, -0.2) is 0 Å². The van der Waals surface area contributed by atoms with E-state index < -0.39 is 5.97 Å². The van der Waals surface area contributed by atoms with E-state index in [1.807, 2.05) is 38.4 Å². The molecule has 1 aromatic rings. The van der Waals surface area contributed by atoms with Crippen molar-refractivity contribution in [1.29, 1.82) is 0 Å². The largest absolute Gasteiger partial charge is 0.480 e. The number of anilines is 1. The lowest BCUT2D eigenvalue weighted by molar-refractivity contribution is -0.134. The van der Waals surface area contributed by atoms with E-state index >= 15 is 0 Å². The zero-order chi connectivity index (χ0) is 11.3. The molecule has 0 aliphatic heterocycles. The van der Waals surface area contributed by atoms with Gasteiger partial charge >= 0.3 is 5.97 Å². The predicted octanol–water partition coefficient (Wildman–Crippen LogP) is 1.24. The van der Waals surface area contributed by atoms with Crippen molar-refractivity contribution in [1.82, 2.24) is 4.90 Å². The molecule has 1 rings (SSSR count). The Labute approximate surface area is 89.5 Å². The summed E-state index contributed by atoms with van der Waals surface area (Å²) in [6, 6.07) is 7.76. The van der Waals surface area contributed by atoms with Gasteiger partial charge in [0.15, 0.2) is 0 Å². The van der Waals surface area contributed by atoms with Crippen molar-refractivity contribution >= 4 is 11.7 Å². The van der Waals surface area contributed by atoms with E-state index in [1.54, 1.807) is 0 Å². The van der Waals surface area contributed by atoms with E-state index in [1.165, 1.54) is 0 Å². The van der Waals surface area contributed by atoms with Crippen LogP contribution in [0.1, 0.15) is 5.56 Å². The predicted molar refractivity (Wildman–Crippen MR) is 60.0 cm³/mol. The number of nitrogens with zero attached hydrogens (tertiary/aromatic N) is 1. The fourth-order valence-corrected chi connectivity index (χ4v) is 1.32. The van der Waals surface area contributed by atoms with Crippen LogP contribution in [0.4, 0.5) is 5.69 Å². The summed E-state index contributed by atoms with van der Waals surface area (Å²) in [6.45, 7) is 0.800. The lowest BCUT2D eigenvalue weighted by Gasteiger charge is -2.11. The first-order valence-electron chi connectivity index (χ1n) is 4.77. The SMILES string of the molecule is CN(C)Cc1cccc(NCC(=O)O)c1. The molecule has 0 amide bonds. The van der Waals surface area contributed by atoms with Crippen LogP contribution >= 0.6 is 0 Å². The molecule has 0 aliphatic carbocycles. The zero-order valence-corrected chi connectivity index (χ0v) is 9.03. The second-order valence-corrected chi connectivity index (χ2v) is 3.69. The van der Waals surface area contributed by atoms with Gasteiger partial charge in [0, 0.05) is 12.2 Å². The van der Waals surface area contributed by atoms with Gasteiger partial charge < -0.3 is 15.3 Å². The summed E-state index contributed by atoms with van der Waals surface area (Å²) < 4.78 is 0. The average molecular weight is 208 g/mol. The molecule has 4 nitrogen and oxygen atoms in total. The van der Waals surface area contributed by atoms with E-state index in [0.29, 0.717) is 0 Å². The molecule has 0 aromatic heterocycles. The normalized spacial score (nSPS) is 10.3. The van der Waals surface area contributed by atoms with Gasteiger partial charge in [0.25, 0.3) is 0 Å². The second kappa shape index (κ2) is 5.36. The molecule has 0 saturated carbocycles. The van der Waals surface area contributed by atoms with Crippen LogP contribution in [0.2, 0.25) is 0 Å². The number of rotatable bonds is 5. The van der Waals surface area contributed by atoms with Crippen LogP contribution < -0.4 is 5.32 Å². The molecule has 0 radical (unpaired) electrons. The standard InChI is InChI=1S/C11H16N2O2/c1-13(2)8-9-4-3-5-10(6-9)12-7-11(14)15/h3-6,12H,7-8H2,1-2H3,(H,14,15). The Kier molecular flexibility index (Phi) is 4.12. The van der Waals surface area contributed by atoms with E-state index in [-0.39, 0.29) is 6.54 Å². The summed E-state index contributed by atoms with van der Waals surface area (Å²) in [6.07, 6.45) is 0. The van der Waals surface area contributed by atoms with Crippen molar-refractivity contribution in [3.63, 3.8) is 0 Å². The van der Waals surface area contributed by atoms with Gasteiger partial charge in [0.2, 0.25) is 0 Å². The molecule has 0 fully saturated rings. The van der Waals surface area contributed by atoms with Gasteiger partial charge in [-0.1, -0.05) is 12.1 Å². The number of hydrogen-bond donors (Lipinski definition) is 2. The van der Waals surface area contributed by atoms with Crippen LogP contribution in [-0.2, 0) is 11.3 Å². The third kappa shape index (κ3) is 4.46. The van der Waals surface area contributed by atoms with Crippen LogP contribution in [0.15, 0.2) is 24.3 Å². The number of nitrogens with one attached hydrogen (secondary N) is 1. The Morgan fingerprint density at radius 1 is 1.47 bits per heavy atom. The number of aliphatic carboxylic acids is 1. The van der Waals surface area contributed by atoms with Gasteiger partial charge in [-0.15, -0.1) is 0 Å². The highest BCUT2D eigenvalue weighted by atomic mass is 16.4. The Morgan fingerprint density at radius 3 is 2.80 bits per heavy atom. The minimum atomic E-state index is -0.854. The summed E-state index contributed by atoms with van der Waals surface area (Å²) in [5.41, 5.74) is 2.01. The van der Waals surface area contributed by atoms with Gasteiger partial charge in [0.1, 0.15) is 6.54 Å². The van der Waals surface area contributed by atoms with Gasteiger partial charge in [-0.05, 0) is 31.8 Å². The summed E-state index contributed by atoms with van der Waals surface area (Å²) in [7, 11) is 3.99. The smallest absolute Gasteiger partial charge is 0.322 e. The molecular formula is C11H16N2O2. The minimum Gasteiger partial charge on any atom is -0.480 e. The molecule has 0 atom stereocenters. The number of benzene rings is 1. The zero-order valence-electron chi connectivity index (χ0n) is 9.03. The fraction of sp³-hybridized carbons (Fsp3) is 0.364. The molecule has 0 spiro atoms. The molecule has 0 aliphatic rings.